The van der Waals surface area contributed by atoms with Crippen LogP contribution in [0, 0.1) is 0 Å². The smallest absolute Gasteiger partial charge is 0.345 e. The van der Waals surface area contributed by atoms with Crippen molar-refractivity contribution in [3.05, 3.63) is 96.3 Å². The molecule has 2 aromatic heterocycles. The predicted octanol–water partition coefficient (Wildman–Crippen LogP) is 4.33. The monoisotopic (exact) mass is 476 g/mol. The molecule has 0 saturated carbocycles. The molecule has 0 aliphatic heterocycles. The van der Waals surface area contributed by atoms with Crippen molar-refractivity contribution in [2.24, 2.45) is 0 Å². The quantitative estimate of drug-likeness (QED) is 0.277. The Morgan fingerprint density at radius 1 is 0.667 bits per heavy atom. The zero-order chi connectivity index (χ0) is 24.5. The minimum Gasteiger partial charge on any atom is -0.400 e. The van der Waals surface area contributed by atoms with E-state index in [-0.39, 0.29) is 22.9 Å². The minimum atomic E-state index is -0.647. The standard InChI is InChI=1S/C26H16N6O4/c33-25(35-22-13-27-31-29-22)17-9-10-20(26(34)36-23-14-28-32-30-23)21(12-17)24-18-7-3-1-5-15(18)11-16-6-2-4-8-19(16)24/h1-14H,(H,27,29,31)(H,28,30,32). The number of esters is 2. The van der Waals surface area contributed by atoms with Crippen LogP contribution in [-0.2, 0) is 0 Å². The summed E-state index contributed by atoms with van der Waals surface area (Å²) in [5.41, 5.74) is 1.76. The van der Waals surface area contributed by atoms with Gasteiger partial charge in [-0.25, -0.2) is 9.59 Å². The number of carbonyl (C=O) groups is 2. The maximum Gasteiger partial charge on any atom is 0.345 e. The van der Waals surface area contributed by atoms with Gasteiger partial charge in [0.25, 0.3) is 11.8 Å². The zero-order valence-corrected chi connectivity index (χ0v) is 18.5. The molecular weight excluding hydrogens is 460 g/mol. The Morgan fingerprint density at radius 2 is 1.25 bits per heavy atom. The molecule has 0 saturated heterocycles. The van der Waals surface area contributed by atoms with Crippen molar-refractivity contribution >= 4 is 33.5 Å². The van der Waals surface area contributed by atoms with Crippen LogP contribution < -0.4 is 9.47 Å². The number of nitrogens with zero attached hydrogens (tertiary/aromatic N) is 4. The lowest BCUT2D eigenvalue weighted by Gasteiger charge is -2.16. The van der Waals surface area contributed by atoms with Gasteiger partial charge in [0.1, 0.15) is 12.4 Å². The molecule has 0 aliphatic rings. The Labute approximate surface area is 202 Å². The van der Waals surface area contributed by atoms with Crippen molar-refractivity contribution in [2.45, 2.75) is 0 Å². The van der Waals surface area contributed by atoms with Gasteiger partial charge in [0.2, 0.25) is 0 Å². The van der Waals surface area contributed by atoms with Crippen molar-refractivity contribution in [1.82, 2.24) is 30.8 Å². The van der Waals surface area contributed by atoms with E-state index in [1.807, 2.05) is 48.5 Å². The number of rotatable bonds is 5. The molecule has 2 heterocycles. The second-order valence-corrected chi connectivity index (χ2v) is 7.85. The van der Waals surface area contributed by atoms with Gasteiger partial charge in [0.15, 0.2) is 0 Å². The molecule has 0 amide bonds. The van der Waals surface area contributed by atoms with E-state index in [2.05, 4.69) is 36.9 Å². The second-order valence-electron chi connectivity index (χ2n) is 7.85. The molecule has 10 nitrogen and oxygen atoms in total. The van der Waals surface area contributed by atoms with Crippen LogP contribution in [0.1, 0.15) is 20.7 Å². The average Bonchev–Trinajstić information content (AvgIpc) is 3.61. The molecule has 36 heavy (non-hydrogen) atoms. The van der Waals surface area contributed by atoms with Crippen LogP contribution in [0.2, 0.25) is 0 Å². The predicted molar refractivity (Wildman–Crippen MR) is 130 cm³/mol. The Balaban J connectivity index is 1.58. The molecule has 0 radical (unpaired) electrons. The van der Waals surface area contributed by atoms with Gasteiger partial charge in [-0.1, -0.05) is 48.5 Å². The van der Waals surface area contributed by atoms with Crippen LogP contribution in [0.4, 0.5) is 0 Å². The maximum absolute atomic E-state index is 13.3. The van der Waals surface area contributed by atoms with Crippen LogP contribution in [-0.4, -0.2) is 42.8 Å². The van der Waals surface area contributed by atoms with E-state index in [1.165, 1.54) is 24.5 Å². The third-order valence-corrected chi connectivity index (χ3v) is 5.70. The number of ether oxygens (including phenoxy) is 2. The number of carbonyl (C=O) groups excluding carboxylic acids is 2. The second kappa shape index (κ2) is 8.76. The number of hydrogen-bond acceptors (Lipinski definition) is 8. The topological polar surface area (TPSA) is 136 Å². The van der Waals surface area contributed by atoms with Gasteiger partial charge in [-0.2, -0.15) is 20.6 Å². The number of hydrogen-bond donors (Lipinski definition) is 2. The van der Waals surface area contributed by atoms with Crippen molar-refractivity contribution in [1.29, 1.82) is 0 Å². The van der Waals surface area contributed by atoms with Crippen LogP contribution in [0.3, 0.4) is 0 Å². The third kappa shape index (κ3) is 3.82. The highest BCUT2D eigenvalue weighted by Gasteiger charge is 2.22. The summed E-state index contributed by atoms with van der Waals surface area (Å²) in [6.45, 7) is 0. The normalized spacial score (nSPS) is 11.0. The van der Waals surface area contributed by atoms with Crippen molar-refractivity contribution in [3.8, 4) is 22.9 Å². The number of H-pyrrole nitrogens is 2. The van der Waals surface area contributed by atoms with Crippen LogP contribution in [0.15, 0.2) is 85.2 Å². The molecule has 0 bridgehead atoms. The molecular formula is C26H16N6O4. The third-order valence-electron chi connectivity index (χ3n) is 5.70. The van der Waals surface area contributed by atoms with E-state index < -0.39 is 11.9 Å². The first-order chi connectivity index (χ1) is 17.7. The van der Waals surface area contributed by atoms with Gasteiger partial charge in [-0.15, -0.1) is 10.2 Å². The molecule has 6 aromatic rings. The number of nitrogens with one attached hydrogen (secondary N) is 2. The summed E-state index contributed by atoms with van der Waals surface area (Å²) in [5, 5.41) is 23.5. The Bertz CT molecular complexity index is 1680. The van der Waals surface area contributed by atoms with E-state index in [0.717, 1.165) is 27.1 Å². The number of benzene rings is 4. The number of fused-ring (bicyclic) bond motifs is 2. The van der Waals surface area contributed by atoms with Gasteiger partial charge >= 0.3 is 11.9 Å². The average molecular weight is 476 g/mol. The van der Waals surface area contributed by atoms with Crippen LogP contribution in [0.5, 0.6) is 11.8 Å². The summed E-state index contributed by atoms with van der Waals surface area (Å²) < 4.78 is 10.7. The molecule has 0 atom stereocenters. The first-order valence-electron chi connectivity index (χ1n) is 10.9. The summed E-state index contributed by atoms with van der Waals surface area (Å²) >= 11 is 0. The number of aromatic nitrogens is 6. The first-order valence-corrected chi connectivity index (χ1v) is 10.9. The van der Waals surface area contributed by atoms with Crippen molar-refractivity contribution < 1.29 is 19.1 Å². The van der Waals surface area contributed by atoms with Crippen LogP contribution in [0.25, 0.3) is 32.7 Å². The van der Waals surface area contributed by atoms with E-state index in [0.29, 0.717) is 5.56 Å². The summed E-state index contributed by atoms with van der Waals surface area (Å²) in [7, 11) is 0. The zero-order valence-electron chi connectivity index (χ0n) is 18.5. The highest BCUT2D eigenvalue weighted by Crippen LogP contribution is 2.38. The van der Waals surface area contributed by atoms with E-state index in [9.17, 15) is 9.59 Å². The minimum absolute atomic E-state index is 0.0308. The van der Waals surface area contributed by atoms with Gasteiger partial charge in [-0.3, -0.25) is 0 Å². The molecule has 174 valence electrons. The number of aromatic amines is 2. The fraction of sp³-hybridized carbons (Fsp3) is 0. The molecule has 0 aliphatic carbocycles. The summed E-state index contributed by atoms with van der Waals surface area (Å²) in [6.07, 6.45) is 2.59. The van der Waals surface area contributed by atoms with Gasteiger partial charge in [-0.05, 0) is 56.9 Å². The molecule has 2 N–H and O–H groups in total. The highest BCUT2D eigenvalue weighted by atomic mass is 16.5. The van der Waals surface area contributed by atoms with Gasteiger partial charge in [0.05, 0.1) is 11.1 Å². The maximum atomic E-state index is 13.3. The summed E-state index contributed by atoms with van der Waals surface area (Å²) in [4.78, 5) is 26.2. The summed E-state index contributed by atoms with van der Waals surface area (Å²) in [6, 6.07) is 22.5. The van der Waals surface area contributed by atoms with E-state index >= 15 is 0 Å². The molecule has 6 rings (SSSR count). The molecule has 0 spiro atoms. The Hall–Kier alpha value is -5.38. The lowest BCUT2D eigenvalue weighted by atomic mass is 9.88. The Kier molecular flexibility index (Phi) is 5.15. The van der Waals surface area contributed by atoms with Crippen molar-refractivity contribution in [2.75, 3.05) is 0 Å². The van der Waals surface area contributed by atoms with E-state index in [4.69, 9.17) is 9.47 Å². The first kappa shape index (κ1) is 21.2. The van der Waals surface area contributed by atoms with Gasteiger partial charge in [0, 0.05) is 0 Å². The van der Waals surface area contributed by atoms with E-state index in [1.54, 1.807) is 6.07 Å². The molecule has 0 unspecified atom stereocenters. The molecule has 4 aromatic carbocycles. The lowest BCUT2D eigenvalue weighted by molar-refractivity contribution is 0.0713. The Morgan fingerprint density at radius 3 is 1.83 bits per heavy atom. The fourth-order valence-electron chi connectivity index (χ4n) is 4.14. The SMILES string of the molecule is O=C(Oc1cn[nH]n1)c1ccc(C(=O)Oc2cn[nH]n2)c(-c2c3ccccc3cc3ccccc23)c1. The van der Waals surface area contributed by atoms with Gasteiger partial charge < -0.3 is 9.47 Å². The fourth-order valence-corrected chi connectivity index (χ4v) is 4.14. The largest absolute Gasteiger partial charge is 0.400 e. The highest BCUT2D eigenvalue weighted by molar-refractivity contribution is 6.16. The molecule has 10 heteroatoms. The van der Waals surface area contributed by atoms with Crippen LogP contribution >= 0.6 is 0 Å². The lowest BCUT2D eigenvalue weighted by Crippen LogP contribution is -2.13. The summed E-state index contributed by atoms with van der Waals surface area (Å²) in [5.74, 6) is -1.23. The molecule has 0 fully saturated rings. The van der Waals surface area contributed by atoms with Crippen molar-refractivity contribution in [3.63, 3.8) is 0 Å².